The first-order valence-electron chi connectivity index (χ1n) is 4.86. The molecule has 5 nitrogen and oxygen atoms in total. The number of carbonyl (C=O) groups is 1. The highest BCUT2D eigenvalue weighted by atomic mass is 32.2. The van der Waals surface area contributed by atoms with Gasteiger partial charge in [0, 0.05) is 6.20 Å². The third-order valence-electron chi connectivity index (χ3n) is 2.27. The molecule has 0 saturated heterocycles. The van der Waals surface area contributed by atoms with Crippen molar-refractivity contribution in [2.45, 2.75) is 12.2 Å². The first kappa shape index (κ1) is 10.9. The molecule has 0 unspecified atom stereocenters. The normalized spacial score (nSPS) is 12.6. The Labute approximate surface area is 97.3 Å². The molecule has 2 aromatic rings. The van der Waals surface area contributed by atoms with Crippen LogP contribution < -0.4 is 5.32 Å². The number of amides is 1. The van der Waals surface area contributed by atoms with Gasteiger partial charge in [0.25, 0.3) is 0 Å². The number of thioether (sulfide) groups is 1. The summed E-state index contributed by atoms with van der Waals surface area (Å²) in [5, 5.41) is 10.5. The Morgan fingerprint density at radius 3 is 3.06 bits per heavy atom. The van der Waals surface area contributed by atoms with E-state index in [0.29, 0.717) is 5.95 Å². The van der Waals surface area contributed by atoms with E-state index < -0.39 is 0 Å². The fraction of sp³-hybridized carbons (Fsp3) is 0.300. The summed E-state index contributed by atoms with van der Waals surface area (Å²) >= 11 is 1.49. The molecule has 84 valence electrons. The highest BCUT2D eigenvalue weighted by Gasteiger charge is 2.14. The number of pyridine rings is 1. The molecule has 0 fully saturated rings. The number of hydrogen-bond donors (Lipinski definition) is 1. The van der Waals surface area contributed by atoms with Crippen molar-refractivity contribution in [1.82, 2.24) is 14.6 Å². The Bertz CT molecular complexity index is 510. The van der Waals surface area contributed by atoms with E-state index in [2.05, 4.69) is 15.5 Å². The Morgan fingerprint density at radius 2 is 2.31 bits per heavy atom. The SMILES string of the molecule is CS[C@H](C)C(=O)Nc1nnc2ccccn12. The van der Waals surface area contributed by atoms with E-state index >= 15 is 0 Å². The number of hydrogen-bond acceptors (Lipinski definition) is 4. The number of nitrogens with one attached hydrogen (secondary N) is 1. The van der Waals surface area contributed by atoms with Crippen molar-refractivity contribution in [3.8, 4) is 0 Å². The average Bonchev–Trinajstić information content (AvgIpc) is 2.72. The van der Waals surface area contributed by atoms with E-state index in [1.165, 1.54) is 11.8 Å². The van der Waals surface area contributed by atoms with E-state index in [-0.39, 0.29) is 11.2 Å². The zero-order chi connectivity index (χ0) is 11.5. The summed E-state index contributed by atoms with van der Waals surface area (Å²) < 4.78 is 1.74. The Kier molecular flexibility index (Phi) is 3.09. The number of rotatable bonds is 3. The van der Waals surface area contributed by atoms with Gasteiger partial charge in [-0.05, 0) is 25.3 Å². The van der Waals surface area contributed by atoms with Crippen molar-refractivity contribution in [3.05, 3.63) is 24.4 Å². The molecule has 0 saturated carbocycles. The Morgan fingerprint density at radius 1 is 1.50 bits per heavy atom. The van der Waals surface area contributed by atoms with E-state index in [1.54, 1.807) is 4.40 Å². The first-order chi connectivity index (χ1) is 7.72. The summed E-state index contributed by atoms with van der Waals surface area (Å²) in [6.45, 7) is 1.85. The Hall–Kier alpha value is -1.56. The van der Waals surface area contributed by atoms with Crippen molar-refractivity contribution < 1.29 is 4.79 Å². The van der Waals surface area contributed by atoms with Gasteiger partial charge < -0.3 is 0 Å². The maximum Gasteiger partial charge on any atom is 0.239 e. The summed E-state index contributed by atoms with van der Waals surface area (Å²) in [5.41, 5.74) is 0.717. The van der Waals surface area contributed by atoms with Crippen LogP contribution in [0.25, 0.3) is 5.65 Å². The van der Waals surface area contributed by atoms with Crippen LogP contribution in [0.5, 0.6) is 0 Å². The highest BCUT2D eigenvalue weighted by Crippen LogP contribution is 2.11. The highest BCUT2D eigenvalue weighted by molar-refractivity contribution is 7.99. The Balaban J connectivity index is 2.25. The van der Waals surface area contributed by atoms with Crippen molar-refractivity contribution >= 4 is 29.3 Å². The molecule has 2 heterocycles. The minimum absolute atomic E-state index is 0.0642. The molecule has 2 rings (SSSR count). The molecule has 0 aliphatic heterocycles. The molecule has 6 heteroatoms. The summed E-state index contributed by atoms with van der Waals surface area (Å²) in [5.74, 6) is 0.396. The molecule has 0 aliphatic rings. The lowest BCUT2D eigenvalue weighted by molar-refractivity contribution is -0.115. The number of aromatic nitrogens is 3. The fourth-order valence-electron chi connectivity index (χ4n) is 1.25. The second-order valence-electron chi connectivity index (χ2n) is 3.32. The monoisotopic (exact) mass is 236 g/mol. The van der Waals surface area contributed by atoms with E-state index in [0.717, 1.165) is 5.65 Å². The number of anilines is 1. The number of nitrogens with zero attached hydrogens (tertiary/aromatic N) is 3. The summed E-state index contributed by atoms with van der Waals surface area (Å²) in [4.78, 5) is 11.7. The molecule has 0 bridgehead atoms. The van der Waals surface area contributed by atoms with Gasteiger partial charge in [-0.15, -0.1) is 10.2 Å². The van der Waals surface area contributed by atoms with Crippen LogP contribution in [0.3, 0.4) is 0 Å². The van der Waals surface area contributed by atoms with E-state index in [1.807, 2.05) is 37.6 Å². The quantitative estimate of drug-likeness (QED) is 0.875. The van der Waals surface area contributed by atoms with Gasteiger partial charge in [-0.1, -0.05) is 6.07 Å². The lowest BCUT2D eigenvalue weighted by Crippen LogP contribution is -2.23. The number of carbonyl (C=O) groups excluding carboxylic acids is 1. The topological polar surface area (TPSA) is 59.3 Å². The molecular weight excluding hydrogens is 224 g/mol. The molecule has 0 aliphatic carbocycles. The number of fused-ring (bicyclic) bond motifs is 1. The zero-order valence-corrected chi connectivity index (χ0v) is 9.86. The maximum atomic E-state index is 11.7. The molecule has 16 heavy (non-hydrogen) atoms. The van der Waals surface area contributed by atoms with E-state index in [9.17, 15) is 4.79 Å². The van der Waals surface area contributed by atoms with E-state index in [4.69, 9.17) is 0 Å². The predicted octanol–water partition coefficient (Wildman–Crippen LogP) is 1.42. The molecule has 1 atom stereocenters. The van der Waals surface area contributed by atoms with Gasteiger partial charge in [0.2, 0.25) is 11.9 Å². The van der Waals surface area contributed by atoms with Gasteiger partial charge in [-0.2, -0.15) is 11.8 Å². The fourth-order valence-corrected chi connectivity index (χ4v) is 1.52. The average molecular weight is 236 g/mol. The van der Waals surface area contributed by atoms with Crippen molar-refractivity contribution in [2.75, 3.05) is 11.6 Å². The largest absolute Gasteiger partial charge is 0.293 e. The van der Waals surface area contributed by atoms with Crippen molar-refractivity contribution in [2.24, 2.45) is 0 Å². The van der Waals surface area contributed by atoms with Gasteiger partial charge >= 0.3 is 0 Å². The van der Waals surface area contributed by atoms with Gasteiger partial charge in [-0.3, -0.25) is 14.5 Å². The van der Waals surface area contributed by atoms with Gasteiger partial charge in [0.15, 0.2) is 5.65 Å². The van der Waals surface area contributed by atoms with Crippen LogP contribution in [0.4, 0.5) is 5.95 Å². The molecule has 0 spiro atoms. The second kappa shape index (κ2) is 4.52. The minimum Gasteiger partial charge on any atom is -0.293 e. The van der Waals surface area contributed by atoms with Crippen LogP contribution in [-0.4, -0.2) is 32.0 Å². The molecule has 1 amide bonds. The second-order valence-corrected chi connectivity index (χ2v) is 4.50. The maximum absolute atomic E-state index is 11.7. The predicted molar refractivity (Wildman–Crippen MR) is 64.6 cm³/mol. The zero-order valence-electron chi connectivity index (χ0n) is 9.04. The summed E-state index contributed by atoms with van der Waals surface area (Å²) in [7, 11) is 0. The van der Waals surface area contributed by atoms with Gasteiger partial charge in [0.05, 0.1) is 5.25 Å². The molecule has 0 aromatic carbocycles. The van der Waals surface area contributed by atoms with Crippen LogP contribution in [-0.2, 0) is 4.79 Å². The molecular formula is C10H12N4OS. The molecule has 2 aromatic heterocycles. The van der Waals surface area contributed by atoms with Gasteiger partial charge in [0.1, 0.15) is 0 Å². The standard InChI is InChI=1S/C10H12N4OS/c1-7(16-2)9(15)11-10-13-12-8-5-3-4-6-14(8)10/h3-7H,1-2H3,(H,11,13,15)/t7-/m1/s1. The lowest BCUT2D eigenvalue weighted by Gasteiger charge is -2.07. The van der Waals surface area contributed by atoms with Crippen molar-refractivity contribution in [3.63, 3.8) is 0 Å². The molecule has 0 radical (unpaired) electrons. The van der Waals surface area contributed by atoms with Crippen LogP contribution in [0.1, 0.15) is 6.92 Å². The minimum atomic E-state index is -0.101. The van der Waals surface area contributed by atoms with Crippen LogP contribution in [0, 0.1) is 0 Å². The van der Waals surface area contributed by atoms with Crippen LogP contribution >= 0.6 is 11.8 Å². The van der Waals surface area contributed by atoms with Crippen LogP contribution in [0.2, 0.25) is 0 Å². The first-order valence-corrected chi connectivity index (χ1v) is 6.14. The van der Waals surface area contributed by atoms with Crippen LogP contribution in [0.15, 0.2) is 24.4 Å². The summed E-state index contributed by atoms with van der Waals surface area (Å²) in [6, 6.07) is 5.57. The summed E-state index contributed by atoms with van der Waals surface area (Å²) in [6.07, 6.45) is 3.71. The molecule has 1 N–H and O–H groups in total. The van der Waals surface area contributed by atoms with Crippen molar-refractivity contribution in [1.29, 1.82) is 0 Å². The smallest absolute Gasteiger partial charge is 0.239 e. The lowest BCUT2D eigenvalue weighted by atomic mass is 10.4. The third kappa shape index (κ3) is 2.01. The van der Waals surface area contributed by atoms with Gasteiger partial charge in [-0.25, -0.2) is 0 Å². The third-order valence-corrected chi connectivity index (χ3v) is 3.19.